The van der Waals surface area contributed by atoms with E-state index in [9.17, 15) is 9.90 Å². The highest BCUT2D eigenvalue weighted by Crippen LogP contribution is 2.31. The fraction of sp³-hybridized carbons (Fsp3) is 0.235. The number of hydrogen-bond acceptors (Lipinski definition) is 4. The van der Waals surface area contributed by atoms with Crippen LogP contribution in [0.3, 0.4) is 0 Å². The Labute approximate surface area is 122 Å². The zero-order chi connectivity index (χ0) is 14.9. The molecule has 3 rings (SSSR count). The SMILES string of the molecule is COc1cccc(C[C@]2(O)COc3ccccc3C2=O)c1. The maximum absolute atomic E-state index is 12.5. The van der Waals surface area contributed by atoms with E-state index in [4.69, 9.17) is 9.47 Å². The van der Waals surface area contributed by atoms with E-state index in [0.717, 1.165) is 5.56 Å². The molecule has 0 aromatic heterocycles. The lowest BCUT2D eigenvalue weighted by atomic mass is 9.85. The first kappa shape index (κ1) is 13.6. The van der Waals surface area contributed by atoms with Crippen LogP contribution >= 0.6 is 0 Å². The quantitative estimate of drug-likeness (QED) is 0.939. The van der Waals surface area contributed by atoms with E-state index in [-0.39, 0.29) is 18.8 Å². The van der Waals surface area contributed by atoms with Crippen molar-refractivity contribution < 1.29 is 19.4 Å². The van der Waals surface area contributed by atoms with Crippen molar-refractivity contribution in [1.29, 1.82) is 0 Å². The summed E-state index contributed by atoms with van der Waals surface area (Å²) in [6.07, 6.45) is 0.192. The molecule has 0 saturated carbocycles. The Balaban J connectivity index is 1.90. The number of aliphatic hydroxyl groups is 1. The van der Waals surface area contributed by atoms with E-state index in [1.54, 1.807) is 31.4 Å². The maximum Gasteiger partial charge on any atom is 0.201 e. The molecule has 0 radical (unpaired) electrons. The number of fused-ring (bicyclic) bond motifs is 1. The summed E-state index contributed by atoms with van der Waals surface area (Å²) in [5, 5.41) is 10.7. The highest BCUT2D eigenvalue weighted by Gasteiger charge is 2.42. The van der Waals surface area contributed by atoms with Gasteiger partial charge in [0.05, 0.1) is 12.7 Å². The number of ether oxygens (including phenoxy) is 2. The Bertz CT molecular complexity index is 680. The number of rotatable bonds is 3. The van der Waals surface area contributed by atoms with Crippen molar-refractivity contribution in [3.8, 4) is 11.5 Å². The molecule has 108 valence electrons. The third-order valence-electron chi connectivity index (χ3n) is 3.65. The number of hydrogen-bond donors (Lipinski definition) is 1. The number of carbonyl (C=O) groups is 1. The average molecular weight is 284 g/mol. The molecule has 0 bridgehead atoms. The predicted octanol–water partition coefficient (Wildman–Crippen LogP) is 2.24. The molecule has 1 N–H and O–H groups in total. The monoisotopic (exact) mass is 284 g/mol. The molecule has 0 fully saturated rings. The van der Waals surface area contributed by atoms with Crippen molar-refractivity contribution >= 4 is 5.78 Å². The molecule has 0 amide bonds. The molecule has 21 heavy (non-hydrogen) atoms. The fourth-order valence-corrected chi connectivity index (χ4v) is 2.54. The van der Waals surface area contributed by atoms with E-state index >= 15 is 0 Å². The third kappa shape index (κ3) is 2.50. The summed E-state index contributed by atoms with van der Waals surface area (Å²) in [6, 6.07) is 14.3. The van der Waals surface area contributed by atoms with Crippen molar-refractivity contribution in [1.82, 2.24) is 0 Å². The van der Waals surface area contributed by atoms with Crippen LogP contribution in [0.25, 0.3) is 0 Å². The number of carbonyl (C=O) groups excluding carboxylic acids is 1. The lowest BCUT2D eigenvalue weighted by Crippen LogP contribution is -2.49. The molecule has 1 aliphatic rings. The number of Topliss-reactive ketones (excluding diaryl/α,β-unsaturated/α-hetero) is 1. The van der Waals surface area contributed by atoms with Gasteiger partial charge in [0.2, 0.25) is 5.78 Å². The molecule has 0 aliphatic carbocycles. The summed E-state index contributed by atoms with van der Waals surface area (Å²) in [6.45, 7) is -0.0416. The van der Waals surface area contributed by atoms with Crippen LogP contribution < -0.4 is 9.47 Å². The van der Waals surface area contributed by atoms with Gasteiger partial charge in [0.15, 0.2) is 5.60 Å². The Morgan fingerprint density at radius 3 is 2.86 bits per heavy atom. The second-order valence-corrected chi connectivity index (χ2v) is 5.17. The summed E-state index contributed by atoms with van der Waals surface area (Å²) in [5.41, 5.74) is -0.289. The topological polar surface area (TPSA) is 55.8 Å². The first-order valence-electron chi connectivity index (χ1n) is 6.74. The predicted molar refractivity (Wildman–Crippen MR) is 77.9 cm³/mol. The van der Waals surface area contributed by atoms with Gasteiger partial charge >= 0.3 is 0 Å². The van der Waals surface area contributed by atoms with Crippen LogP contribution in [0.2, 0.25) is 0 Å². The van der Waals surface area contributed by atoms with E-state index in [1.165, 1.54) is 0 Å². The van der Waals surface area contributed by atoms with Crippen LogP contribution in [0.5, 0.6) is 11.5 Å². The van der Waals surface area contributed by atoms with Gasteiger partial charge < -0.3 is 14.6 Å². The van der Waals surface area contributed by atoms with Gasteiger partial charge in [0.25, 0.3) is 0 Å². The normalized spacial score (nSPS) is 20.6. The lowest BCUT2D eigenvalue weighted by Gasteiger charge is -2.32. The molecule has 0 saturated heterocycles. The second kappa shape index (κ2) is 5.22. The van der Waals surface area contributed by atoms with E-state index < -0.39 is 5.60 Å². The minimum absolute atomic E-state index is 0.0416. The second-order valence-electron chi connectivity index (χ2n) is 5.17. The maximum atomic E-state index is 12.5. The van der Waals surface area contributed by atoms with Crippen molar-refractivity contribution in [2.24, 2.45) is 0 Å². The summed E-state index contributed by atoms with van der Waals surface area (Å²) >= 11 is 0. The van der Waals surface area contributed by atoms with Crippen LogP contribution in [0.4, 0.5) is 0 Å². The van der Waals surface area contributed by atoms with Crippen molar-refractivity contribution in [3.63, 3.8) is 0 Å². The van der Waals surface area contributed by atoms with Crippen LogP contribution in [0.15, 0.2) is 48.5 Å². The summed E-state index contributed by atoms with van der Waals surface area (Å²) in [7, 11) is 1.58. The highest BCUT2D eigenvalue weighted by atomic mass is 16.5. The molecule has 1 heterocycles. The number of para-hydroxylation sites is 1. The minimum atomic E-state index is -1.54. The van der Waals surface area contributed by atoms with Gasteiger partial charge in [-0.25, -0.2) is 0 Å². The number of benzene rings is 2. The van der Waals surface area contributed by atoms with E-state index in [0.29, 0.717) is 17.1 Å². The molecule has 1 aliphatic heterocycles. The molecule has 0 spiro atoms. The van der Waals surface area contributed by atoms with Crippen LogP contribution in [-0.4, -0.2) is 30.2 Å². The smallest absolute Gasteiger partial charge is 0.201 e. The van der Waals surface area contributed by atoms with E-state index in [2.05, 4.69) is 0 Å². The Morgan fingerprint density at radius 2 is 2.05 bits per heavy atom. The summed E-state index contributed by atoms with van der Waals surface area (Å²) in [5.74, 6) is 0.922. The summed E-state index contributed by atoms with van der Waals surface area (Å²) < 4.78 is 10.7. The average Bonchev–Trinajstić information content (AvgIpc) is 2.52. The Morgan fingerprint density at radius 1 is 1.24 bits per heavy atom. The van der Waals surface area contributed by atoms with Crippen molar-refractivity contribution in [3.05, 3.63) is 59.7 Å². The molecule has 1 atom stereocenters. The number of ketones is 1. The summed E-state index contributed by atoms with van der Waals surface area (Å²) in [4.78, 5) is 12.5. The zero-order valence-electron chi connectivity index (χ0n) is 11.7. The van der Waals surface area contributed by atoms with Crippen molar-refractivity contribution in [2.75, 3.05) is 13.7 Å². The largest absolute Gasteiger partial charge is 0.497 e. The highest BCUT2D eigenvalue weighted by molar-refractivity contribution is 6.05. The molecule has 4 heteroatoms. The molecule has 2 aromatic rings. The minimum Gasteiger partial charge on any atom is -0.497 e. The van der Waals surface area contributed by atoms with Crippen LogP contribution in [-0.2, 0) is 6.42 Å². The van der Waals surface area contributed by atoms with Crippen LogP contribution in [0, 0.1) is 0 Å². The third-order valence-corrected chi connectivity index (χ3v) is 3.65. The van der Waals surface area contributed by atoms with E-state index in [1.807, 2.05) is 24.3 Å². The molecule has 0 unspecified atom stereocenters. The first-order valence-corrected chi connectivity index (χ1v) is 6.74. The van der Waals surface area contributed by atoms with Gasteiger partial charge in [0, 0.05) is 6.42 Å². The molecule has 4 nitrogen and oxygen atoms in total. The van der Waals surface area contributed by atoms with Gasteiger partial charge in [0.1, 0.15) is 18.1 Å². The van der Waals surface area contributed by atoms with Crippen LogP contribution in [0.1, 0.15) is 15.9 Å². The van der Waals surface area contributed by atoms with Gasteiger partial charge in [-0.15, -0.1) is 0 Å². The number of methoxy groups -OCH3 is 1. The van der Waals surface area contributed by atoms with Gasteiger partial charge in [-0.1, -0.05) is 24.3 Å². The van der Waals surface area contributed by atoms with Crippen molar-refractivity contribution in [2.45, 2.75) is 12.0 Å². The molecular formula is C17H16O4. The van der Waals surface area contributed by atoms with Gasteiger partial charge in [-0.2, -0.15) is 0 Å². The Kier molecular flexibility index (Phi) is 3.39. The van der Waals surface area contributed by atoms with Gasteiger partial charge in [-0.05, 0) is 29.8 Å². The zero-order valence-corrected chi connectivity index (χ0v) is 11.7. The fourth-order valence-electron chi connectivity index (χ4n) is 2.54. The first-order chi connectivity index (χ1) is 10.1. The molecular weight excluding hydrogens is 268 g/mol. The van der Waals surface area contributed by atoms with Gasteiger partial charge in [-0.3, -0.25) is 4.79 Å². The lowest BCUT2D eigenvalue weighted by molar-refractivity contribution is -0.00195. The molecule has 2 aromatic carbocycles. The standard InChI is InChI=1S/C17H16O4/c1-20-13-6-4-5-12(9-13)10-17(19)11-21-15-8-3-2-7-14(15)16(17)18/h2-9,19H,10-11H2,1H3/t17-/m0/s1. The Hall–Kier alpha value is -2.33.